The van der Waals surface area contributed by atoms with Gasteiger partial charge in [0.25, 0.3) is 0 Å². The Balaban J connectivity index is 1.93. The molecule has 8 nitrogen and oxygen atoms in total. The summed E-state index contributed by atoms with van der Waals surface area (Å²) in [5, 5.41) is 13.3. The van der Waals surface area contributed by atoms with Crippen LogP contribution >= 0.6 is 0 Å². The van der Waals surface area contributed by atoms with Crippen molar-refractivity contribution in [3.05, 3.63) is 42.5 Å². The topological polar surface area (TPSA) is 89.0 Å². The standard InChI is InChI=1S/C21H28N4O4/c1-4-11-29-18-12-15(5-6-17(18)27-2)14-25(16-7-9-22-10-8-16)19-13-20(28-3)24-21(26)23-19/h4-6,12-13,16,22H,1,7-11,14H2,2-3H3,(H,23,24,26). The number of benzene rings is 1. The van der Waals surface area contributed by atoms with Gasteiger partial charge in [0.2, 0.25) is 5.88 Å². The van der Waals surface area contributed by atoms with E-state index in [2.05, 4.69) is 26.8 Å². The third-order valence-electron chi connectivity index (χ3n) is 4.87. The summed E-state index contributed by atoms with van der Waals surface area (Å²) in [5.74, 6) is 2.30. The average molecular weight is 400 g/mol. The number of aromatic nitrogens is 2. The molecule has 2 N–H and O–H groups in total. The van der Waals surface area contributed by atoms with Crippen LogP contribution in [0.15, 0.2) is 36.9 Å². The molecule has 0 amide bonds. The first-order chi connectivity index (χ1) is 14.1. The Bertz CT molecular complexity index is 824. The third kappa shape index (κ3) is 5.29. The third-order valence-corrected chi connectivity index (χ3v) is 4.87. The molecule has 1 saturated heterocycles. The molecule has 0 radical (unpaired) electrons. The second-order valence-electron chi connectivity index (χ2n) is 6.76. The fraction of sp³-hybridized carbons (Fsp3) is 0.429. The number of nitrogens with zero attached hydrogens (tertiary/aromatic N) is 3. The van der Waals surface area contributed by atoms with Crippen LogP contribution in [0.2, 0.25) is 0 Å². The Hall–Kier alpha value is -3.00. The Morgan fingerprint density at radius 1 is 1.17 bits per heavy atom. The molecule has 8 heteroatoms. The Morgan fingerprint density at radius 3 is 2.66 bits per heavy atom. The SMILES string of the molecule is C=CCOc1cc(CN(c2cc(OC)nc(O)n2)C2CCNCC2)ccc1OC. The van der Waals surface area contributed by atoms with Crippen LogP contribution in [0.4, 0.5) is 5.82 Å². The molecule has 2 heterocycles. The number of nitrogens with one attached hydrogen (secondary N) is 1. The van der Waals surface area contributed by atoms with Crippen molar-refractivity contribution in [3.63, 3.8) is 0 Å². The van der Waals surface area contributed by atoms with E-state index >= 15 is 0 Å². The fourth-order valence-corrected chi connectivity index (χ4v) is 3.45. The summed E-state index contributed by atoms with van der Waals surface area (Å²) in [4.78, 5) is 10.3. The molecule has 156 valence electrons. The van der Waals surface area contributed by atoms with Gasteiger partial charge in [0.1, 0.15) is 12.4 Å². The summed E-state index contributed by atoms with van der Waals surface area (Å²) in [6.45, 7) is 6.56. The number of ether oxygens (including phenoxy) is 3. The van der Waals surface area contributed by atoms with Gasteiger partial charge in [0.05, 0.1) is 14.2 Å². The zero-order valence-corrected chi connectivity index (χ0v) is 16.9. The van der Waals surface area contributed by atoms with Crippen LogP contribution in [0, 0.1) is 0 Å². The first kappa shape index (κ1) is 20.7. The number of methoxy groups -OCH3 is 2. The zero-order valence-electron chi connectivity index (χ0n) is 16.9. The minimum atomic E-state index is -0.303. The molecule has 1 aliphatic rings. The molecule has 0 spiro atoms. The van der Waals surface area contributed by atoms with Crippen molar-refractivity contribution in [2.45, 2.75) is 25.4 Å². The molecule has 0 atom stereocenters. The van der Waals surface area contributed by atoms with Crippen molar-refractivity contribution in [2.24, 2.45) is 0 Å². The predicted molar refractivity (Wildman–Crippen MR) is 111 cm³/mol. The van der Waals surface area contributed by atoms with Crippen molar-refractivity contribution in [1.82, 2.24) is 15.3 Å². The van der Waals surface area contributed by atoms with Crippen LogP contribution < -0.4 is 24.4 Å². The van der Waals surface area contributed by atoms with Gasteiger partial charge in [0.15, 0.2) is 11.5 Å². The summed E-state index contributed by atoms with van der Waals surface area (Å²) in [7, 11) is 3.14. The summed E-state index contributed by atoms with van der Waals surface area (Å²) < 4.78 is 16.4. The maximum atomic E-state index is 9.96. The largest absolute Gasteiger partial charge is 0.493 e. The number of piperidine rings is 1. The van der Waals surface area contributed by atoms with Crippen molar-refractivity contribution in [1.29, 1.82) is 0 Å². The second kappa shape index (κ2) is 9.97. The van der Waals surface area contributed by atoms with Crippen molar-refractivity contribution in [3.8, 4) is 23.4 Å². The quantitative estimate of drug-likeness (QED) is 0.621. The van der Waals surface area contributed by atoms with E-state index in [1.54, 1.807) is 19.3 Å². The van der Waals surface area contributed by atoms with E-state index in [1.165, 1.54) is 7.11 Å². The van der Waals surface area contributed by atoms with E-state index in [9.17, 15) is 5.11 Å². The maximum absolute atomic E-state index is 9.96. The van der Waals surface area contributed by atoms with Gasteiger partial charge in [-0.15, -0.1) is 0 Å². The first-order valence-corrected chi connectivity index (χ1v) is 9.64. The van der Waals surface area contributed by atoms with E-state index in [1.807, 2.05) is 18.2 Å². The molecular weight excluding hydrogens is 372 g/mol. The van der Waals surface area contributed by atoms with Crippen LogP contribution in [0.5, 0.6) is 23.4 Å². The van der Waals surface area contributed by atoms with Crippen LogP contribution in [-0.2, 0) is 6.54 Å². The molecular formula is C21H28N4O4. The van der Waals surface area contributed by atoms with Gasteiger partial charge in [-0.2, -0.15) is 9.97 Å². The van der Waals surface area contributed by atoms with Crippen LogP contribution in [0.3, 0.4) is 0 Å². The van der Waals surface area contributed by atoms with Crippen LogP contribution in [-0.4, -0.2) is 55.0 Å². The van der Waals surface area contributed by atoms with Crippen molar-refractivity contribution >= 4 is 5.82 Å². The molecule has 0 unspecified atom stereocenters. The van der Waals surface area contributed by atoms with E-state index in [0.29, 0.717) is 36.3 Å². The lowest BCUT2D eigenvalue weighted by molar-refractivity contribution is 0.326. The zero-order chi connectivity index (χ0) is 20.6. The summed E-state index contributed by atoms with van der Waals surface area (Å²) >= 11 is 0. The molecule has 3 rings (SSSR count). The van der Waals surface area contributed by atoms with Gasteiger partial charge in [-0.25, -0.2) is 0 Å². The molecule has 1 aromatic heterocycles. The highest BCUT2D eigenvalue weighted by atomic mass is 16.5. The van der Waals surface area contributed by atoms with Gasteiger partial charge >= 0.3 is 6.01 Å². The predicted octanol–water partition coefficient (Wildman–Crippen LogP) is 2.52. The minimum absolute atomic E-state index is 0.273. The van der Waals surface area contributed by atoms with E-state index in [0.717, 1.165) is 31.5 Å². The van der Waals surface area contributed by atoms with E-state index < -0.39 is 0 Å². The normalized spacial score (nSPS) is 14.3. The summed E-state index contributed by atoms with van der Waals surface area (Å²) in [6, 6.07) is 7.59. The number of hydrogen-bond donors (Lipinski definition) is 2. The molecule has 1 aromatic carbocycles. The highest BCUT2D eigenvalue weighted by Gasteiger charge is 2.24. The number of hydrogen-bond acceptors (Lipinski definition) is 8. The number of aromatic hydroxyl groups is 1. The van der Waals surface area contributed by atoms with Crippen LogP contribution in [0.25, 0.3) is 0 Å². The highest BCUT2D eigenvalue weighted by Crippen LogP contribution is 2.31. The molecule has 0 saturated carbocycles. The molecule has 2 aromatic rings. The van der Waals surface area contributed by atoms with Gasteiger partial charge in [-0.05, 0) is 43.6 Å². The number of anilines is 1. The lowest BCUT2D eigenvalue weighted by Gasteiger charge is -2.35. The molecule has 29 heavy (non-hydrogen) atoms. The smallest absolute Gasteiger partial charge is 0.319 e. The highest BCUT2D eigenvalue weighted by molar-refractivity contribution is 5.48. The van der Waals surface area contributed by atoms with Crippen LogP contribution in [0.1, 0.15) is 18.4 Å². The lowest BCUT2D eigenvalue weighted by Crippen LogP contribution is -2.43. The second-order valence-corrected chi connectivity index (χ2v) is 6.76. The first-order valence-electron chi connectivity index (χ1n) is 9.64. The maximum Gasteiger partial charge on any atom is 0.319 e. The molecule has 0 bridgehead atoms. The molecule has 0 aliphatic carbocycles. The van der Waals surface area contributed by atoms with Gasteiger partial charge in [-0.3, -0.25) is 0 Å². The molecule has 1 fully saturated rings. The van der Waals surface area contributed by atoms with Crippen molar-refractivity contribution < 1.29 is 19.3 Å². The fourth-order valence-electron chi connectivity index (χ4n) is 3.45. The minimum Gasteiger partial charge on any atom is -0.493 e. The number of rotatable bonds is 9. The average Bonchev–Trinajstić information content (AvgIpc) is 2.76. The lowest BCUT2D eigenvalue weighted by atomic mass is 10.0. The van der Waals surface area contributed by atoms with E-state index in [-0.39, 0.29) is 12.1 Å². The monoisotopic (exact) mass is 400 g/mol. The van der Waals surface area contributed by atoms with Crippen molar-refractivity contribution in [2.75, 3.05) is 38.8 Å². The summed E-state index contributed by atoms with van der Waals surface area (Å²) in [6.07, 6.45) is 3.65. The Kier molecular flexibility index (Phi) is 7.13. The van der Waals surface area contributed by atoms with Gasteiger partial charge < -0.3 is 29.5 Å². The Morgan fingerprint density at radius 2 is 1.97 bits per heavy atom. The van der Waals surface area contributed by atoms with Gasteiger partial charge in [0, 0.05) is 18.7 Å². The molecule has 1 aliphatic heterocycles. The van der Waals surface area contributed by atoms with E-state index in [4.69, 9.17) is 14.2 Å². The Labute approximate surface area is 171 Å². The van der Waals surface area contributed by atoms with Gasteiger partial charge in [-0.1, -0.05) is 18.7 Å². The summed E-state index contributed by atoms with van der Waals surface area (Å²) in [5.41, 5.74) is 1.04.